The zero-order valence-corrected chi connectivity index (χ0v) is 16.2. The Kier molecular flexibility index (Phi) is 7.57. The molecule has 25 heavy (non-hydrogen) atoms. The minimum absolute atomic E-state index is 0. The van der Waals surface area contributed by atoms with Gasteiger partial charge in [-0.1, -0.05) is 12.1 Å². The number of nitrogens with one attached hydrogen (secondary N) is 1. The molecule has 0 saturated carbocycles. The summed E-state index contributed by atoms with van der Waals surface area (Å²) in [4.78, 5) is 14.4. The second-order valence-electron chi connectivity index (χ2n) is 7.45. The molecule has 0 aromatic heterocycles. The summed E-state index contributed by atoms with van der Waals surface area (Å²) in [5.74, 6) is 1.79. The molecule has 2 saturated heterocycles. The first kappa shape index (κ1) is 20.1. The molecule has 5 heteroatoms. The molecule has 2 heterocycles. The maximum Gasteiger partial charge on any atom is 0.222 e. The van der Waals surface area contributed by atoms with Gasteiger partial charge in [0.2, 0.25) is 5.91 Å². The minimum Gasteiger partial charge on any atom is -0.497 e. The van der Waals surface area contributed by atoms with Gasteiger partial charge in [0.1, 0.15) is 5.75 Å². The number of aryl methyl sites for hydroxylation is 1. The van der Waals surface area contributed by atoms with Gasteiger partial charge in [0, 0.05) is 32.1 Å². The number of halogens is 1. The lowest BCUT2D eigenvalue weighted by molar-refractivity contribution is -0.131. The monoisotopic (exact) mass is 366 g/mol. The van der Waals surface area contributed by atoms with Crippen molar-refractivity contribution in [3.8, 4) is 5.75 Å². The van der Waals surface area contributed by atoms with Crippen LogP contribution in [0.25, 0.3) is 0 Å². The molecule has 2 fully saturated rings. The predicted octanol–water partition coefficient (Wildman–Crippen LogP) is 3.43. The normalized spacial score (nSPS) is 24.5. The molecule has 1 amide bonds. The Hall–Kier alpha value is -1.26. The molecule has 1 aromatic rings. The third-order valence-electron chi connectivity index (χ3n) is 5.58. The molecule has 0 aliphatic carbocycles. The molecule has 4 nitrogen and oxygen atoms in total. The Bertz CT molecular complexity index is 537. The van der Waals surface area contributed by atoms with Crippen molar-refractivity contribution in [3.63, 3.8) is 0 Å². The van der Waals surface area contributed by atoms with Crippen molar-refractivity contribution in [2.45, 2.75) is 57.0 Å². The number of rotatable bonds is 7. The number of ether oxygens (including phenoxy) is 1. The average molecular weight is 367 g/mol. The molecule has 3 rings (SSSR count). The average Bonchev–Trinajstić information content (AvgIpc) is 2.94. The van der Waals surface area contributed by atoms with Gasteiger partial charge < -0.3 is 15.0 Å². The number of piperidine rings is 1. The summed E-state index contributed by atoms with van der Waals surface area (Å²) >= 11 is 0. The highest BCUT2D eigenvalue weighted by molar-refractivity contribution is 5.85. The Labute approximate surface area is 157 Å². The molecule has 0 radical (unpaired) electrons. The zero-order chi connectivity index (χ0) is 16.9. The molecule has 2 unspecified atom stereocenters. The fourth-order valence-corrected chi connectivity index (χ4v) is 4.18. The van der Waals surface area contributed by atoms with Crippen LogP contribution in [-0.4, -0.2) is 43.6 Å². The van der Waals surface area contributed by atoms with E-state index in [4.69, 9.17) is 4.74 Å². The number of methoxy groups -OCH3 is 1. The molecule has 2 aliphatic heterocycles. The molecule has 0 spiro atoms. The van der Waals surface area contributed by atoms with E-state index in [1.807, 2.05) is 24.1 Å². The number of fused-ring (bicyclic) bond motifs is 2. The van der Waals surface area contributed by atoms with Crippen LogP contribution in [0.5, 0.6) is 5.75 Å². The summed E-state index contributed by atoms with van der Waals surface area (Å²) in [6.45, 7) is 0.836. The van der Waals surface area contributed by atoms with Crippen molar-refractivity contribution in [2.75, 3.05) is 20.7 Å². The summed E-state index contributed by atoms with van der Waals surface area (Å²) in [7, 11) is 3.63. The minimum atomic E-state index is 0. The van der Waals surface area contributed by atoms with Gasteiger partial charge in [0.05, 0.1) is 7.11 Å². The third kappa shape index (κ3) is 5.61. The second kappa shape index (κ2) is 9.44. The van der Waals surface area contributed by atoms with Crippen LogP contribution in [-0.2, 0) is 11.2 Å². The maximum atomic E-state index is 12.5. The van der Waals surface area contributed by atoms with E-state index < -0.39 is 0 Å². The molecule has 2 atom stereocenters. The van der Waals surface area contributed by atoms with Crippen molar-refractivity contribution in [2.24, 2.45) is 5.92 Å². The van der Waals surface area contributed by atoms with Gasteiger partial charge in [-0.25, -0.2) is 0 Å². The number of hydrogen-bond donors (Lipinski definition) is 1. The highest BCUT2D eigenvalue weighted by Crippen LogP contribution is 2.32. The van der Waals surface area contributed by atoms with Crippen LogP contribution in [0.3, 0.4) is 0 Å². The van der Waals surface area contributed by atoms with E-state index in [1.54, 1.807) is 7.11 Å². The van der Waals surface area contributed by atoms with E-state index >= 15 is 0 Å². The first-order valence-corrected chi connectivity index (χ1v) is 9.27. The maximum absolute atomic E-state index is 12.5. The molecule has 2 aliphatic rings. The van der Waals surface area contributed by atoms with Crippen LogP contribution >= 0.6 is 12.4 Å². The van der Waals surface area contributed by atoms with E-state index in [2.05, 4.69) is 17.4 Å². The standard InChI is InChI=1S/C20H30N2O2.ClH/c1-22(11-3-4-15-5-9-19(24-2)10-6-15)20(23)14-16-12-17-7-8-18(13-16)21-17;/h5-6,9-10,16-18,21H,3-4,7-8,11-14H2,1-2H3;1H. The summed E-state index contributed by atoms with van der Waals surface area (Å²) in [5.41, 5.74) is 1.30. The number of benzene rings is 1. The Morgan fingerprint density at radius 1 is 1.20 bits per heavy atom. The smallest absolute Gasteiger partial charge is 0.222 e. The SMILES string of the molecule is COc1ccc(CCCN(C)C(=O)CC2CC3CCC(C2)N3)cc1.Cl. The van der Waals surface area contributed by atoms with E-state index in [0.717, 1.165) is 31.6 Å². The van der Waals surface area contributed by atoms with E-state index in [-0.39, 0.29) is 12.4 Å². The van der Waals surface area contributed by atoms with E-state index in [0.29, 0.717) is 23.9 Å². The van der Waals surface area contributed by atoms with Gasteiger partial charge in [-0.3, -0.25) is 4.79 Å². The number of hydrogen-bond acceptors (Lipinski definition) is 3. The lowest BCUT2D eigenvalue weighted by Crippen LogP contribution is -2.40. The number of amides is 1. The summed E-state index contributed by atoms with van der Waals surface area (Å²) < 4.78 is 5.18. The van der Waals surface area contributed by atoms with Crippen LogP contribution in [0.2, 0.25) is 0 Å². The Balaban J connectivity index is 0.00000225. The molecular formula is C20H31ClN2O2. The van der Waals surface area contributed by atoms with Crippen molar-refractivity contribution in [1.29, 1.82) is 0 Å². The quantitative estimate of drug-likeness (QED) is 0.803. The predicted molar refractivity (Wildman–Crippen MR) is 103 cm³/mol. The van der Waals surface area contributed by atoms with Gasteiger partial charge in [0.15, 0.2) is 0 Å². The lowest BCUT2D eigenvalue weighted by Gasteiger charge is -2.30. The van der Waals surface area contributed by atoms with Gasteiger partial charge in [-0.2, -0.15) is 0 Å². The summed E-state index contributed by atoms with van der Waals surface area (Å²) in [6.07, 6.45) is 7.70. The zero-order valence-electron chi connectivity index (χ0n) is 15.4. The number of carbonyl (C=O) groups excluding carboxylic acids is 1. The van der Waals surface area contributed by atoms with Crippen LogP contribution < -0.4 is 10.1 Å². The van der Waals surface area contributed by atoms with Gasteiger partial charge in [-0.05, 0) is 62.1 Å². The fraction of sp³-hybridized carbons (Fsp3) is 0.650. The molecule has 140 valence electrons. The van der Waals surface area contributed by atoms with Crippen molar-refractivity contribution < 1.29 is 9.53 Å². The number of nitrogens with zero attached hydrogens (tertiary/aromatic N) is 1. The fourth-order valence-electron chi connectivity index (χ4n) is 4.18. The van der Waals surface area contributed by atoms with Crippen molar-refractivity contribution >= 4 is 18.3 Å². The molecule has 2 bridgehead atoms. The molecule has 1 aromatic carbocycles. The van der Waals surface area contributed by atoms with Crippen molar-refractivity contribution in [3.05, 3.63) is 29.8 Å². The second-order valence-corrected chi connectivity index (χ2v) is 7.45. The van der Waals surface area contributed by atoms with Crippen LogP contribution in [0.1, 0.15) is 44.1 Å². The van der Waals surface area contributed by atoms with Gasteiger partial charge in [0.25, 0.3) is 0 Å². The summed E-state index contributed by atoms with van der Waals surface area (Å²) in [5, 5.41) is 3.65. The molecule has 1 N–H and O–H groups in total. The van der Waals surface area contributed by atoms with Crippen LogP contribution in [0.15, 0.2) is 24.3 Å². The van der Waals surface area contributed by atoms with E-state index in [9.17, 15) is 4.79 Å². The van der Waals surface area contributed by atoms with Crippen LogP contribution in [0, 0.1) is 5.92 Å². The Morgan fingerprint density at radius 2 is 1.84 bits per heavy atom. The Morgan fingerprint density at radius 3 is 2.44 bits per heavy atom. The first-order valence-electron chi connectivity index (χ1n) is 9.27. The number of carbonyl (C=O) groups is 1. The van der Waals surface area contributed by atoms with E-state index in [1.165, 1.54) is 31.2 Å². The molecular weight excluding hydrogens is 336 g/mol. The first-order chi connectivity index (χ1) is 11.6. The van der Waals surface area contributed by atoms with Crippen molar-refractivity contribution in [1.82, 2.24) is 10.2 Å². The third-order valence-corrected chi connectivity index (χ3v) is 5.58. The largest absolute Gasteiger partial charge is 0.497 e. The summed E-state index contributed by atoms with van der Waals surface area (Å²) in [6, 6.07) is 9.53. The highest BCUT2D eigenvalue weighted by atomic mass is 35.5. The van der Waals surface area contributed by atoms with Crippen LogP contribution in [0.4, 0.5) is 0 Å². The topological polar surface area (TPSA) is 41.6 Å². The van der Waals surface area contributed by atoms with Gasteiger partial charge >= 0.3 is 0 Å². The lowest BCUT2D eigenvalue weighted by atomic mass is 9.89. The van der Waals surface area contributed by atoms with Gasteiger partial charge in [-0.15, -0.1) is 12.4 Å². The highest BCUT2D eigenvalue weighted by Gasteiger charge is 2.34.